The number of hydrogen-bond acceptors (Lipinski definition) is 6. The van der Waals surface area contributed by atoms with Gasteiger partial charge in [-0.1, -0.05) is 48.5 Å². The fraction of sp³-hybridized carbons (Fsp3) is 0.310. The van der Waals surface area contributed by atoms with Crippen LogP contribution >= 0.6 is 11.3 Å². The summed E-state index contributed by atoms with van der Waals surface area (Å²) in [5.74, 6) is -0.285. The highest BCUT2D eigenvalue weighted by molar-refractivity contribution is 7.81. The van der Waals surface area contributed by atoms with E-state index in [0.29, 0.717) is 11.4 Å². The molecule has 0 amide bonds. The molecule has 2 atom stereocenters. The first-order chi connectivity index (χ1) is 19.2. The normalized spacial score (nSPS) is 16.2. The van der Waals surface area contributed by atoms with Crippen LogP contribution < -0.4 is 13.9 Å². The molecule has 212 valence electrons. The summed E-state index contributed by atoms with van der Waals surface area (Å²) in [6, 6.07) is 23.6. The standard InChI is InChI=1S/C29H30F3N3O3S2/c1-21-26-9-5-6-10-27(26)39-28(21)35(40(36)37)20-24(19-22-11-13-25(14-12-22)38-29(30,31)32)34-17-15-33(16-18-34)23-7-3-2-4-8-23/h2-14,24H,15-20H2,1H3,(H,36,37)/p-1. The molecular weight excluding hydrogens is 559 g/mol. The maximum Gasteiger partial charge on any atom is 0.573 e. The topological polar surface area (TPSA) is 59.1 Å². The Balaban J connectivity index is 1.39. The van der Waals surface area contributed by atoms with Gasteiger partial charge >= 0.3 is 6.36 Å². The average molecular weight is 589 g/mol. The molecule has 3 aromatic carbocycles. The van der Waals surface area contributed by atoms with Crippen LogP contribution in [0.1, 0.15) is 11.1 Å². The highest BCUT2D eigenvalue weighted by Gasteiger charge is 2.31. The summed E-state index contributed by atoms with van der Waals surface area (Å²) in [6.45, 7) is 5.15. The number of alkyl halides is 3. The van der Waals surface area contributed by atoms with Crippen molar-refractivity contribution in [1.82, 2.24) is 4.90 Å². The van der Waals surface area contributed by atoms with Crippen molar-refractivity contribution < 1.29 is 26.7 Å². The third kappa shape index (κ3) is 6.77. The number of piperazine rings is 1. The van der Waals surface area contributed by atoms with E-state index in [-0.39, 0.29) is 18.3 Å². The van der Waals surface area contributed by atoms with Gasteiger partial charge in [-0.15, -0.1) is 24.5 Å². The van der Waals surface area contributed by atoms with E-state index in [1.807, 2.05) is 49.4 Å². The largest absolute Gasteiger partial charge is 0.755 e. The molecule has 0 aliphatic carbocycles. The summed E-state index contributed by atoms with van der Waals surface area (Å²) < 4.78 is 69.6. The van der Waals surface area contributed by atoms with Crippen LogP contribution in [0.25, 0.3) is 10.1 Å². The van der Waals surface area contributed by atoms with Gasteiger partial charge in [-0.05, 0) is 60.2 Å². The minimum absolute atomic E-state index is 0.199. The van der Waals surface area contributed by atoms with Crippen molar-refractivity contribution in [2.45, 2.75) is 25.7 Å². The summed E-state index contributed by atoms with van der Waals surface area (Å²) in [6.07, 6.45) is -4.29. The number of thiophene rings is 1. The molecule has 1 aromatic heterocycles. The maximum atomic E-state index is 12.6. The molecule has 1 aliphatic rings. The van der Waals surface area contributed by atoms with Gasteiger partial charge in [0.05, 0.1) is 0 Å². The van der Waals surface area contributed by atoms with Crippen molar-refractivity contribution in [3.05, 3.63) is 90.0 Å². The van der Waals surface area contributed by atoms with E-state index in [1.165, 1.54) is 27.8 Å². The van der Waals surface area contributed by atoms with Gasteiger partial charge in [0, 0.05) is 60.4 Å². The van der Waals surface area contributed by atoms with Gasteiger partial charge in [-0.3, -0.25) is 13.4 Å². The van der Waals surface area contributed by atoms with Crippen LogP contribution in [0.4, 0.5) is 23.9 Å². The third-order valence-electron chi connectivity index (χ3n) is 7.18. The van der Waals surface area contributed by atoms with Gasteiger partial charge in [-0.25, -0.2) is 0 Å². The third-order valence-corrected chi connectivity index (χ3v) is 9.28. The molecule has 1 saturated heterocycles. The van der Waals surface area contributed by atoms with Crippen molar-refractivity contribution in [2.24, 2.45) is 0 Å². The molecule has 40 heavy (non-hydrogen) atoms. The average Bonchev–Trinajstić information content (AvgIpc) is 3.27. The van der Waals surface area contributed by atoms with E-state index < -0.39 is 17.6 Å². The molecule has 0 N–H and O–H groups in total. The Morgan fingerprint density at radius 2 is 1.62 bits per heavy atom. The first kappa shape index (κ1) is 28.4. The fourth-order valence-electron chi connectivity index (χ4n) is 5.19. The number of ether oxygens (including phenoxy) is 1. The van der Waals surface area contributed by atoms with Crippen molar-refractivity contribution in [3.63, 3.8) is 0 Å². The fourth-order valence-corrected chi connectivity index (χ4v) is 7.18. The number of benzene rings is 3. The van der Waals surface area contributed by atoms with Crippen molar-refractivity contribution in [3.8, 4) is 5.75 Å². The maximum absolute atomic E-state index is 12.6. The number of aryl methyl sites for hydroxylation is 1. The lowest BCUT2D eigenvalue weighted by atomic mass is 10.0. The van der Waals surface area contributed by atoms with E-state index in [9.17, 15) is 21.9 Å². The molecule has 1 fully saturated rings. The van der Waals surface area contributed by atoms with Gasteiger partial charge in [-0.2, -0.15) is 0 Å². The summed E-state index contributed by atoms with van der Waals surface area (Å²) in [5.41, 5.74) is 2.85. The zero-order valence-corrected chi connectivity index (χ0v) is 23.5. The Morgan fingerprint density at radius 3 is 2.25 bits per heavy atom. The Morgan fingerprint density at radius 1 is 0.975 bits per heavy atom. The molecule has 5 rings (SSSR count). The van der Waals surface area contributed by atoms with Crippen LogP contribution in [0, 0.1) is 6.92 Å². The minimum atomic E-state index is -4.76. The highest BCUT2D eigenvalue weighted by atomic mass is 32.2. The number of para-hydroxylation sites is 1. The molecular formula is C29H29F3N3O3S2-. The van der Waals surface area contributed by atoms with Crippen molar-refractivity contribution in [1.29, 1.82) is 0 Å². The Labute approximate surface area is 238 Å². The van der Waals surface area contributed by atoms with Gasteiger partial charge in [0.15, 0.2) is 0 Å². The van der Waals surface area contributed by atoms with Gasteiger partial charge in [0.2, 0.25) is 0 Å². The predicted octanol–water partition coefficient (Wildman–Crippen LogP) is 6.14. The number of halogens is 3. The molecule has 0 spiro atoms. The van der Waals surface area contributed by atoms with Gasteiger partial charge in [0.1, 0.15) is 10.8 Å². The Hall–Kier alpha value is -3.12. The monoisotopic (exact) mass is 588 g/mol. The molecule has 0 saturated carbocycles. The lowest BCUT2D eigenvalue weighted by Crippen LogP contribution is -2.54. The lowest BCUT2D eigenvalue weighted by Gasteiger charge is -2.42. The van der Waals surface area contributed by atoms with Crippen LogP contribution in [-0.2, 0) is 17.7 Å². The van der Waals surface area contributed by atoms with Crippen LogP contribution in [0.2, 0.25) is 0 Å². The quantitative estimate of drug-likeness (QED) is 0.220. The van der Waals surface area contributed by atoms with E-state index in [0.717, 1.165) is 53.1 Å². The van der Waals surface area contributed by atoms with E-state index >= 15 is 0 Å². The molecule has 0 radical (unpaired) electrons. The number of hydrogen-bond donors (Lipinski definition) is 0. The number of nitrogens with zero attached hydrogens (tertiary/aromatic N) is 3. The SMILES string of the molecule is Cc1c(N(CC(Cc2ccc(OC(F)(F)F)cc2)N2CCN(c3ccccc3)CC2)S(=O)[O-])sc2ccccc12. The molecule has 1 aliphatic heterocycles. The first-order valence-electron chi connectivity index (χ1n) is 12.9. The highest BCUT2D eigenvalue weighted by Crippen LogP contribution is 2.38. The Kier molecular flexibility index (Phi) is 8.65. The molecule has 4 aromatic rings. The van der Waals surface area contributed by atoms with Crippen LogP contribution in [0.5, 0.6) is 5.75 Å². The number of fused-ring (bicyclic) bond motifs is 1. The minimum Gasteiger partial charge on any atom is -0.755 e. The van der Waals surface area contributed by atoms with Crippen LogP contribution in [0.3, 0.4) is 0 Å². The lowest BCUT2D eigenvalue weighted by molar-refractivity contribution is -0.274. The molecule has 6 nitrogen and oxygen atoms in total. The second kappa shape index (κ2) is 12.2. The second-order valence-corrected chi connectivity index (χ2v) is 11.6. The van der Waals surface area contributed by atoms with E-state index in [4.69, 9.17) is 0 Å². The van der Waals surface area contributed by atoms with Crippen molar-refractivity contribution >= 4 is 43.4 Å². The zero-order valence-electron chi connectivity index (χ0n) is 21.8. The molecule has 2 heterocycles. The zero-order chi connectivity index (χ0) is 28.3. The summed E-state index contributed by atoms with van der Waals surface area (Å²) in [4.78, 5) is 4.58. The second-order valence-electron chi connectivity index (χ2n) is 9.71. The van der Waals surface area contributed by atoms with E-state index in [2.05, 4.69) is 26.7 Å². The molecule has 0 bridgehead atoms. The number of rotatable bonds is 9. The molecule has 2 unspecified atom stereocenters. The number of anilines is 2. The molecule has 11 heteroatoms. The summed E-state index contributed by atoms with van der Waals surface area (Å²) in [5, 5.41) is 1.70. The van der Waals surface area contributed by atoms with Crippen LogP contribution in [0.15, 0.2) is 78.9 Å². The first-order valence-corrected chi connectivity index (χ1v) is 14.8. The van der Waals surface area contributed by atoms with Gasteiger partial charge in [0.25, 0.3) is 0 Å². The Bertz CT molecular complexity index is 1440. The smallest absolute Gasteiger partial charge is 0.573 e. The van der Waals surface area contributed by atoms with Crippen LogP contribution in [-0.4, -0.2) is 58.8 Å². The summed E-state index contributed by atoms with van der Waals surface area (Å²) in [7, 11) is 0. The van der Waals surface area contributed by atoms with Crippen molar-refractivity contribution in [2.75, 3.05) is 41.9 Å². The predicted molar refractivity (Wildman–Crippen MR) is 154 cm³/mol. The van der Waals surface area contributed by atoms with Gasteiger partial charge < -0.3 is 14.2 Å². The van der Waals surface area contributed by atoms with E-state index in [1.54, 1.807) is 12.1 Å². The summed E-state index contributed by atoms with van der Waals surface area (Å²) >= 11 is -1.07.